The van der Waals surface area contributed by atoms with Gasteiger partial charge >= 0.3 is 0 Å². The molecular formula is C16H25ClN2O2. The molecule has 0 saturated carbocycles. The minimum Gasteiger partial charge on any atom is -0.504 e. The molecule has 0 amide bonds. The number of nitrogens with zero attached hydrogens (tertiary/aromatic N) is 1. The molecule has 1 aliphatic heterocycles. The molecule has 1 aliphatic rings. The second kappa shape index (κ2) is 7.87. The number of piperidine rings is 1. The van der Waals surface area contributed by atoms with Crippen LogP contribution in [-0.2, 0) is 6.54 Å². The Hall–Kier alpha value is -0.970. The number of hydrogen-bond donors (Lipinski definition) is 2. The third kappa shape index (κ3) is 4.50. The molecule has 118 valence electrons. The molecule has 1 aromatic carbocycles. The van der Waals surface area contributed by atoms with E-state index in [0.29, 0.717) is 23.2 Å². The highest BCUT2D eigenvalue weighted by Gasteiger charge is 2.18. The molecule has 21 heavy (non-hydrogen) atoms. The van der Waals surface area contributed by atoms with E-state index in [4.69, 9.17) is 16.3 Å². The van der Waals surface area contributed by atoms with E-state index in [9.17, 15) is 5.11 Å². The van der Waals surface area contributed by atoms with Crippen molar-refractivity contribution >= 4 is 11.6 Å². The van der Waals surface area contributed by atoms with Crippen molar-refractivity contribution < 1.29 is 9.84 Å². The van der Waals surface area contributed by atoms with Crippen LogP contribution in [0.15, 0.2) is 12.1 Å². The maximum absolute atomic E-state index is 10.2. The van der Waals surface area contributed by atoms with Gasteiger partial charge in [0.2, 0.25) is 0 Å². The molecule has 0 spiro atoms. The molecule has 1 unspecified atom stereocenters. The minimum absolute atomic E-state index is 0.196. The van der Waals surface area contributed by atoms with Crippen LogP contribution in [0.5, 0.6) is 11.5 Å². The fraction of sp³-hybridized carbons (Fsp3) is 0.625. The number of phenols is 1. The Labute approximate surface area is 132 Å². The smallest absolute Gasteiger partial charge is 0.162 e. The van der Waals surface area contributed by atoms with Gasteiger partial charge < -0.3 is 15.2 Å². The summed E-state index contributed by atoms with van der Waals surface area (Å²) in [5.41, 5.74) is 0.824. The van der Waals surface area contributed by atoms with Crippen LogP contribution >= 0.6 is 11.6 Å². The number of aromatic hydroxyl groups is 1. The molecule has 1 atom stereocenters. The van der Waals surface area contributed by atoms with Gasteiger partial charge in [-0.2, -0.15) is 0 Å². The van der Waals surface area contributed by atoms with Crippen molar-refractivity contribution in [1.82, 2.24) is 10.2 Å². The Bertz CT molecular complexity index is 462. The molecule has 0 aliphatic carbocycles. The molecule has 0 aromatic heterocycles. The summed E-state index contributed by atoms with van der Waals surface area (Å²) >= 11 is 6.10. The lowest BCUT2D eigenvalue weighted by Crippen LogP contribution is -2.38. The topological polar surface area (TPSA) is 44.7 Å². The summed E-state index contributed by atoms with van der Waals surface area (Å²) in [6, 6.07) is 3.46. The Kier molecular flexibility index (Phi) is 6.15. The van der Waals surface area contributed by atoms with Crippen molar-refractivity contribution in [1.29, 1.82) is 0 Å². The molecule has 0 bridgehead atoms. The number of benzene rings is 1. The van der Waals surface area contributed by atoms with Gasteiger partial charge in [-0.3, -0.25) is 4.90 Å². The molecule has 1 heterocycles. The van der Waals surface area contributed by atoms with Crippen LogP contribution < -0.4 is 10.1 Å². The number of hydrogen-bond acceptors (Lipinski definition) is 4. The summed E-state index contributed by atoms with van der Waals surface area (Å²) in [5.74, 6) is 1.32. The van der Waals surface area contributed by atoms with E-state index in [0.717, 1.165) is 31.7 Å². The van der Waals surface area contributed by atoms with E-state index in [1.54, 1.807) is 13.2 Å². The molecule has 1 saturated heterocycles. The van der Waals surface area contributed by atoms with Gasteiger partial charge in [-0.1, -0.05) is 18.5 Å². The number of methoxy groups -OCH3 is 1. The van der Waals surface area contributed by atoms with Crippen LogP contribution in [0.1, 0.15) is 25.3 Å². The van der Waals surface area contributed by atoms with Crippen molar-refractivity contribution in [2.75, 3.05) is 33.3 Å². The summed E-state index contributed by atoms with van der Waals surface area (Å²) < 4.78 is 5.17. The second-order valence-electron chi connectivity index (χ2n) is 5.66. The van der Waals surface area contributed by atoms with E-state index in [1.807, 2.05) is 6.07 Å². The van der Waals surface area contributed by atoms with Gasteiger partial charge in [-0.25, -0.2) is 0 Å². The minimum atomic E-state index is 0.196. The number of nitrogens with one attached hydrogen (secondary N) is 1. The van der Waals surface area contributed by atoms with Gasteiger partial charge in [-0.05, 0) is 44.5 Å². The first-order chi connectivity index (χ1) is 10.1. The van der Waals surface area contributed by atoms with Crippen molar-refractivity contribution in [2.24, 2.45) is 5.92 Å². The zero-order valence-electron chi connectivity index (χ0n) is 12.9. The Morgan fingerprint density at radius 2 is 2.29 bits per heavy atom. The van der Waals surface area contributed by atoms with Gasteiger partial charge in [0.15, 0.2) is 11.5 Å². The lowest BCUT2D eigenvalue weighted by molar-refractivity contribution is 0.207. The molecular weight excluding hydrogens is 288 g/mol. The van der Waals surface area contributed by atoms with Crippen molar-refractivity contribution in [3.8, 4) is 11.5 Å². The first kappa shape index (κ1) is 16.4. The van der Waals surface area contributed by atoms with Crippen LogP contribution in [0.25, 0.3) is 0 Å². The lowest BCUT2D eigenvalue weighted by atomic mass is 9.99. The first-order valence-electron chi connectivity index (χ1n) is 7.62. The normalized spacial score (nSPS) is 19.0. The van der Waals surface area contributed by atoms with Crippen LogP contribution in [0.3, 0.4) is 0 Å². The fourth-order valence-electron chi connectivity index (χ4n) is 2.90. The predicted octanol–water partition coefficient (Wildman–Crippen LogP) is 2.88. The number of halogens is 1. The van der Waals surface area contributed by atoms with Crippen molar-refractivity contribution in [3.05, 3.63) is 22.7 Å². The molecule has 2 rings (SSSR count). The summed E-state index contributed by atoms with van der Waals surface area (Å²) in [7, 11) is 1.54. The predicted molar refractivity (Wildman–Crippen MR) is 86.2 cm³/mol. The van der Waals surface area contributed by atoms with Crippen LogP contribution in [0.4, 0.5) is 0 Å². The average molecular weight is 313 g/mol. The highest BCUT2D eigenvalue weighted by Crippen LogP contribution is 2.34. The van der Waals surface area contributed by atoms with E-state index < -0.39 is 0 Å². The third-order valence-corrected chi connectivity index (χ3v) is 4.31. The highest BCUT2D eigenvalue weighted by molar-refractivity contribution is 6.30. The van der Waals surface area contributed by atoms with Gasteiger partial charge in [0.25, 0.3) is 0 Å². The lowest BCUT2D eigenvalue weighted by Gasteiger charge is -2.29. The standard InChI is InChI=1S/C16H25ClN2O2/c1-3-19(10-12-5-4-6-18-9-12)11-13-7-14(17)8-15(21-2)16(13)20/h7-8,12,18,20H,3-6,9-11H2,1-2H3. The van der Waals surface area contributed by atoms with Gasteiger partial charge in [-0.15, -0.1) is 0 Å². The molecule has 0 radical (unpaired) electrons. The van der Waals surface area contributed by atoms with Crippen molar-refractivity contribution in [3.63, 3.8) is 0 Å². The largest absolute Gasteiger partial charge is 0.504 e. The summed E-state index contributed by atoms with van der Waals surface area (Å²) in [6.07, 6.45) is 2.52. The number of rotatable bonds is 6. The van der Waals surface area contributed by atoms with E-state index >= 15 is 0 Å². The van der Waals surface area contributed by atoms with E-state index in [2.05, 4.69) is 17.1 Å². The molecule has 2 N–H and O–H groups in total. The first-order valence-corrected chi connectivity index (χ1v) is 8.00. The highest BCUT2D eigenvalue weighted by atomic mass is 35.5. The van der Waals surface area contributed by atoms with Crippen LogP contribution in [0.2, 0.25) is 5.02 Å². The SMILES string of the molecule is CCN(Cc1cc(Cl)cc(OC)c1O)CC1CCCNC1. The number of ether oxygens (including phenoxy) is 1. The maximum Gasteiger partial charge on any atom is 0.162 e. The molecule has 1 fully saturated rings. The molecule has 5 heteroatoms. The van der Waals surface area contributed by atoms with Gasteiger partial charge in [0.05, 0.1) is 7.11 Å². The van der Waals surface area contributed by atoms with E-state index in [1.165, 1.54) is 12.8 Å². The Morgan fingerprint density at radius 3 is 2.90 bits per heavy atom. The Balaban J connectivity index is 2.05. The summed E-state index contributed by atoms with van der Waals surface area (Å²) in [4.78, 5) is 2.35. The van der Waals surface area contributed by atoms with Gasteiger partial charge in [0, 0.05) is 29.7 Å². The molecule has 1 aromatic rings. The van der Waals surface area contributed by atoms with Crippen LogP contribution in [0, 0.1) is 5.92 Å². The van der Waals surface area contributed by atoms with Crippen molar-refractivity contribution in [2.45, 2.75) is 26.3 Å². The summed E-state index contributed by atoms with van der Waals surface area (Å²) in [5, 5.41) is 14.3. The third-order valence-electron chi connectivity index (χ3n) is 4.10. The zero-order chi connectivity index (χ0) is 15.2. The summed E-state index contributed by atoms with van der Waals surface area (Å²) in [6.45, 7) is 7.05. The van der Waals surface area contributed by atoms with Gasteiger partial charge in [0.1, 0.15) is 0 Å². The van der Waals surface area contributed by atoms with Crippen LogP contribution in [-0.4, -0.2) is 43.3 Å². The Morgan fingerprint density at radius 1 is 1.48 bits per heavy atom. The monoisotopic (exact) mass is 312 g/mol. The quantitative estimate of drug-likeness (QED) is 0.848. The second-order valence-corrected chi connectivity index (χ2v) is 6.09. The number of phenolic OH excluding ortho intramolecular Hbond substituents is 1. The fourth-order valence-corrected chi connectivity index (χ4v) is 3.13. The average Bonchev–Trinajstić information content (AvgIpc) is 2.50. The molecule has 4 nitrogen and oxygen atoms in total. The maximum atomic E-state index is 10.2. The van der Waals surface area contributed by atoms with E-state index in [-0.39, 0.29) is 5.75 Å². The zero-order valence-corrected chi connectivity index (χ0v) is 13.6.